The Kier molecular flexibility index (Phi) is 4.90. The minimum Gasteiger partial charge on any atom is -0.549 e. The summed E-state index contributed by atoms with van der Waals surface area (Å²) in [5.41, 5.74) is -2.95. The summed E-state index contributed by atoms with van der Waals surface area (Å²) < 4.78 is 29.5. The highest BCUT2D eigenvalue weighted by molar-refractivity contribution is 5.99. The Morgan fingerprint density at radius 1 is 1.60 bits per heavy atom. The number of hydrogen-bond acceptors (Lipinski definition) is 4. The fraction of sp³-hybridized carbons (Fsp3) is 0.556. The van der Waals surface area contributed by atoms with Gasteiger partial charge in [0.25, 0.3) is 6.43 Å². The van der Waals surface area contributed by atoms with Crippen LogP contribution >= 0.6 is 0 Å². The minimum atomic E-state index is -3.40. The van der Waals surface area contributed by atoms with Crippen LogP contribution in [-0.2, 0) is 14.3 Å². The number of ether oxygens (including phenoxy) is 1. The van der Waals surface area contributed by atoms with Crippen LogP contribution in [0.1, 0.15) is 13.3 Å². The third kappa shape index (κ3) is 2.51. The van der Waals surface area contributed by atoms with Crippen molar-refractivity contribution in [2.24, 2.45) is 5.41 Å². The Morgan fingerprint density at radius 3 is 2.40 bits per heavy atom. The van der Waals surface area contributed by atoms with Crippen molar-refractivity contribution in [1.82, 2.24) is 0 Å². The number of alkyl halides is 2. The zero-order valence-corrected chi connectivity index (χ0v) is 8.16. The molecule has 0 fully saturated rings. The highest BCUT2D eigenvalue weighted by Crippen LogP contribution is 2.32. The maximum atomic E-state index is 12.6. The highest BCUT2D eigenvalue weighted by Gasteiger charge is 2.49. The predicted molar refractivity (Wildman–Crippen MR) is 44.9 cm³/mol. The van der Waals surface area contributed by atoms with Crippen LogP contribution in [0.15, 0.2) is 12.7 Å². The lowest BCUT2D eigenvalue weighted by atomic mass is 9.85. The maximum Gasteiger partial charge on any atom is 0.324 e. The molecule has 0 amide bonds. The van der Waals surface area contributed by atoms with Gasteiger partial charge < -0.3 is 14.6 Å². The molecule has 0 aliphatic carbocycles. The van der Waals surface area contributed by atoms with E-state index in [2.05, 4.69) is 11.3 Å². The molecule has 0 N–H and O–H groups in total. The van der Waals surface area contributed by atoms with E-state index in [0.717, 1.165) is 6.08 Å². The third-order valence-electron chi connectivity index (χ3n) is 1.84. The third-order valence-corrected chi connectivity index (χ3v) is 1.84. The average molecular weight is 221 g/mol. The van der Waals surface area contributed by atoms with E-state index in [1.54, 1.807) is 0 Å². The van der Waals surface area contributed by atoms with E-state index in [1.165, 1.54) is 6.92 Å². The van der Waals surface area contributed by atoms with Crippen molar-refractivity contribution in [3.63, 3.8) is 0 Å². The minimum absolute atomic E-state index is 0.183. The standard InChI is InChI=1S/C9H12F2O4/c1-3-5-9(6(10)11,7(12)13)8(14)15-4-2/h3,6H,1,4-5H2,2H3,(H,12,13)/p-1. The quantitative estimate of drug-likeness (QED) is 0.363. The van der Waals surface area contributed by atoms with Gasteiger partial charge in [-0.25, -0.2) is 8.78 Å². The number of carbonyl (C=O) groups excluding carboxylic acids is 2. The van der Waals surface area contributed by atoms with Crippen LogP contribution in [0.5, 0.6) is 0 Å². The molecule has 0 rings (SSSR count). The first kappa shape index (κ1) is 13.5. The second-order valence-electron chi connectivity index (χ2n) is 2.77. The summed E-state index contributed by atoms with van der Waals surface area (Å²) in [5, 5.41) is 10.6. The lowest BCUT2D eigenvalue weighted by Gasteiger charge is -2.30. The fourth-order valence-corrected chi connectivity index (χ4v) is 1.00. The monoisotopic (exact) mass is 221 g/mol. The second kappa shape index (κ2) is 5.43. The molecular weight excluding hydrogens is 210 g/mol. The van der Waals surface area contributed by atoms with Gasteiger partial charge in [-0.2, -0.15) is 0 Å². The molecule has 0 bridgehead atoms. The number of allylic oxidation sites excluding steroid dienone is 1. The number of carboxylic acid groups (broad SMARTS) is 1. The molecule has 0 aromatic rings. The Morgan fingerprint density at radius 2 is 2.13 bits per heavy atom. The van der Waals surface area contributed by atoms with E-state index in [9.17, 15) is 23.5 Å². The van der Waals surface area contributed by atoms with Gasteiger partial charge in [0.2, 0.25) is 0 Å². The summed E-state index contributed by atoms with van der Waals surface area (Å²) in [6.07, 6.45) is -3.22. The van der Waals surface area contributed by atoms with Gasteiger partial charge in [-0.15, -0.1) is 6.58 Å². The zero-order chi connectivity index (χ0) is 12.1. The number of rotatable bonds is 6. The smallest absolute Gasteiger partial charge is 0.324 e. The molecule has 0 aliphatic rings. The number of aliphatic carboxylic acids is 1. The van der Waals surface area contributed by atoms with E-state index in [1.807, 2.05) is 0 Å². The first-order valence-electron chi connectivity index (χ1n) is 4.21. The molecule has 1 atom stereocenters. The van der Waals surface area contributed by atoms with Gasteiger partial charge in [-0.1, -0.05) is 6.08 Å². The van der Waals surface area contributed by atoms with Crippen molar-refractivity contribution in [3.05, 3.63) is 12.7 Å². The summed E-state index contributed by atoms with van der Waals surface area (Å²) in [4.78, 5) is 21.8. The number of carbonyl (C=O) groups is 2. The van der Waals surface area contributed by atoms with E-state index < -0.39 is 30.2 Å². The normalized spacial score (nSPS) is 14.4. The first-order valence-corrected chi connectivity index (χ1v) is 4.21. The number of carboxylic acids is 1. The Balaban J connectivity index is 5.20. The lowest BCUT2D eigenvalue weighted by molar-refractivity contribution is -0.323. The van der Waals surface area contributed by atoms with E-state index in [-0.39, 0.29) is 6.61 Å². The summed E-state index contributed by atoms with van der Waals surface area (Å²) in [5.74, 6) is -3.66. The number of hydrogen-bond donors (Lipinski definition) is 0. The summed E-state index contributed by atoms with van der Waals surface area (Å²) in [6, 6.07) is 0. The van der Waals surface area contributed by atoms with Crippen LogP contribution in [0.3, 0.4) is 0 Å². The predicted octanol–water partition coefficient (Wildman–Crippen LogP) is 0.127. The van der Waals surface area contributed by atoms with Crippen LogP contribution in [0.2, 0.25) is 0 Å². The van der Waals surface area contributed by atoms with Gasteiger partial charge in [0.1, 0.15) is 0 Å². The van der Waals surface area contributed by atoms with Gasteiger partial charge in [-0.05, 0) is 13.3 Å². The number of esters is 1. The van der Waals surface area contributed by atoms with E-state index in [0.29, 0.717) is 0 Å². The molecule has 1 unspecified atom stereocenters. The molecule has 0 aromatic heterocycles. The molecule has 86 valence electrons. The molecule has 6 heteroatoms. The van der Waals surface area contributed by atoms with E-state index >= 15 is 0 Å². The second-order valence-corrected chi connectivity index (χ2v) is 2.77. The molecule has 15 heavy (non-hydrogen) atoms. The Labute approximate surface area is 85.5 Å². The Hall–Kier alpha value is -1.46. The van der Waals surface area contributed by atoms with Crippen LogP contribution < -0.4 is 5.11 Å². The molecule has 0 aromatic carbocycles. The molecule has 0 radical (unpaired) electrons. The van der Waals surface area contributed by atoms with Crippen molar-refractivity contribution in [1.29, 1.82) is 0 Å². The van der Waals surface area contributed by atoms with Gasteiger partial charge >= 0.3 is 5.97 Å². The summed E-state index contributed by atoms with van der Waals surface area (Å²) in [7, 11) is 0. The van der Waals surface area contributed by atoms with Gasteiger partial charge in [0.15, 0.2) is 5.41 Å². The van der Waals surface area contributed by atoms with Crippen LogP contribution in [0.25, 0.3) is 0 Å². The molecule has 4 nitrogen and oxygen atoms in total. The van der Waals surface area contributed by atoms with Crippen molar-refractivity contribution in [2.75, 3.05) is 6.61 Å². The average Bonchev–Trinajstić information content (AvgIpc) is 2.13. The van der Waals surface area contributed by atoms with E-state index in [4.69, 9.17) is 0 Å². The SMILES string of the molecule is C=CCC(C(=O)[O-])(C(=O)OCC)C(F)F. The molecule has 0 heterocycles. The molecule has 0 aliphatic heterocycles. The lowest BCUT2D eigenvalue weighted by Crippen LogP contribution is -2.53. The highest BCUT2D eigenvalue weighted by atomic mass is 19.3. The fourth-order valence-electron chi connectivity index (χ4n) is 1.00. The van der Waals surface area contributed by atoms with Crippen LogP contribution in [-0.4, -0.2) is 25.0 Å². The Bertz CT molecular complexity index is 265. The molecule has 0 saturated carbocycles. The summed E-state index contributed by atoms with van der Waals surface area (Å²) >= 11 is 0. The van der Waals surface area contributed by atoms with Crippen molar-refractivity contribution in [3.8, 4) is 0 Å². The van der Waals surface area contributed by atoms with Crippen LogP contribution in [0.4, 0.5) is 8.78 Å². The van der Waals surface area contributed by atoms with Gasteiger partial charge in [0, 0.05) is 0 Å². The summed E-state index contributed by atoms with van der Waals surface area (Å²) in [6.45, 7) is 4.32. The van der Waals surface area contributed by atoms with Crippen molar-refractivity contribution in [2.45, 2.75) is 19.8 Å². The van der Waals surface area contributed by atoms with Gasteiger partial charge in [0.05, 0.1) is 12.6 Å². The first-order chi connectivity index (χ1) is 6.93. The van der Waals surface area contributed by atoms with Crippen molar-refractivity contribution < 1.29 is 28.2 Å². The molecular formula is C9H11F2O4-. The molecule has 0 saturated heterocycles. The molecule has 0 spiro atoms. The van der Waals surface area contributed by atoms with Gasteiger partial charge in [-0.3, -0.25) is 4.79 Å². The number of halogens is 2. The topological polar surface area (TPSA) is 66.4 Å². The largest absolute Gasteiger partial charge is 0.549 e. The zero-order valence-electron chi connectivity index (χ0n) is 8.16. The maximum absolute atomic E-state index is 12.6. The van der Waals surface area contributed by atoms with Crippen molar-refractivity contribution >= 4 is 11.9 Å². The van der Waals surface area contributed by atoms with Crippen LogP contribution in [0, 0.1) is 5.41 Å².